The topological polar surface area (TPSA) is 134 Å². The maximum Gasteiger partial charge on any atom is 0.273 e. The van der Waals surface area contributed by atoms with Gasteiger partial charge in [-0.15, -0.1) is 10.2 Å². The highest BCUT2D eigenvalue weighted by Crippen LogP contribution is 2.26. The molecular weight excluding hydrogens is 298 g/mol. The van der Waals surface area contributed by atoms with E-state index in [1.807, 2.05) is 0 Å². The maximum atomic E-state index is 11.4. The number of rotatable bonds is 4. The van der Waals surface area contributed by atoms with Gasteiger partial charge in [0.25, 0.3) is 20.9 Å². The molecule has 0 aliphatic carbocycles. The van der Waals surface area contributed by atoms with Gasteiger partial charge < -0.3 is 0 Å². The largest absolute Gasteiger partial charge is 0.297 e. The van der Waals surface area contributed by atoms with Gasteiger partial charge in [0.1, 0.15) is 0 Å². The third-order valence-corrected chi connectivity index (χ3v) is 3.75. The first-order valence-corrected chi connectivity index (χ1v) is 7.51. The van der Waals surface area contributed by atoms with Gasteiger partial charge in [-0.2, -0.15) is 0 Å². The summed E-state index contributed by atoms with van der Waals surface area (Å²) in [5, 5.41) is 23.0. The van der Waals surface area contributed by atoms with Crippen molar-refractivity contribution in [2.45, 2.75) is 25.5 Å². The molecule has 9 nitrogen and oxygen atoms in total. The van der Waals surface area contributed by atoms with Crippen molar-refractivity contribution in [1.82, 2.24) is 14.8 Å². The number of nitro groups is 1. The molecule has 1 aromatic carbocycles. The van der Waals surface area contributed by atoms with E-state index < -0.39 is 14.9 Å². The van der Waals surface area contributed by atoms with Crippen molar-refractivity contribution >= 4 is 15.7 Å². The molecule has 21 heavy (non-hydrogen) atoms. The molecule has 112 valence electrons. The zero-order valence-electron chi connectivity index (χ0n) is 11.3. The Balaban J connectivity index is 2.61. The number of nitro benzene ring substituents is 1. The number of benzene rings is 1. The Kier molecular flexibility index (Phi) is 3.75. The number of aryl methyl sites for hydroxylation is 1. The molecule has 0 fully saturated rings. The summed E-state index contributed by atoms with van der Waals surface area (Å²) in [7, 11) is -3.98. The fourth-order valence-electron chi connectivity index (χ4n) is 2.00. The van der Waals surface area contributed by atoms with Crippen molar-refractivity contribution in [3.05, 3.63) is 33.9 Å². The van der Waals surface area contributed by atoms with E-state index in [2.05, 4.69) is 10.2 Å². The molecule has 0 aliphatic heterocycles. The monoisotopic (exact) mass is 311 g/mol. The summed E-state index contributed by atoms with van der Waals surface area (Å²) in [5.41, 5.74) is 0.954. The number of nitrogens with two attached hydrogens (primary N) is 1. The number of primary sulfonamides is 1. The van der Waals surface area contributed by atoms with Gasteiger partial charge in [-0.3, -0.25) is 14.7 Å². The molecule has 0 saturated carbocycles. The quantitative estimate of drug-likeness (QED) is 0.656. The van der Waals surface area contributed by atoms with Gasteiger partial charge in [0.05, 0.1) is 4.92 Å². The number of aromatic nitrogens is 3. The molecule has 2 rings (SSSR count). The van der Waals surface area contributed by atoms with Crippen molar-refractivity contribution in [2.75, 3.05) is 0 Å². The zero-order valence-corrected chi connectivity index (χ0v) is 12.2. The lowest BCUT2D eigenvalue weighted by atomic mass is 10.1. The molecular formula is C11H13N5O4S. The van der Waals surface area contributed by atoms with Crippen LogP contribution in [0.4, 0.5) is 5.69 Å². The number of nitrogens with zero attached hydrogens (tertiary/aromatic N) is 4. The van der Waals surface area contributed by atoms with Gasteiger partial charge in [-0.1, -0.05) is 0 Å². The fraction of sp³-hybridized carbons (Fsp3) is 0.273. The fourth-order valence-corrected chi connectivity index (χ4v) is 2.67. The van der Waals surface area contributed by atoms with Crippen LogP contribution < -0.4 is 5.14 Å². The van der Waals surface area contributed by atoms with Crippen molar-refractivity contribution in [3.63, 3.8) is 0 Å². The second kappa shape index (κ2) is 5.22. The van der Waals surface area contributed by atoms with E-state index >= 15 is 0 Å². The lowest BCUT2D eigenvalue weighted by Crippen LogP contribution is -2.18. The summed E-state index contributed by atoms with van der Waals surface area (Å²) >= 11 is 0. The average Bonchev–Trinajstić information content (AvgIpc) is 2.81. The van der Waals surface area contributed by atoms with E-state index in [4.69, 9.17) is 5.14 Å². The Bertz CT molecular complexity index is 812. The van der Waals surface area contributed by atoms with Crippen molar-refractivity contribution in [3.8, 4) is 11.4 Å². The van der Waals surface area contributed by atoms with Crippen LogP contribution in [-0.4, -0.2) is 28.1 Å². The molecule has 0 aliphatic rings. The molecule has 0 radical (unpaired) electrons. The Labute approximate surface area is 120 Å². The molecule has 2 aromatic rings. The lowest BCUT2D eigenvalue weighted by molar-refractivity contribution is -0.385. The van der Waals surface area contributed by atoms with Gasteiger partial charge in [0.2, 0.25) is 0 Å². The van der Waals surface area contributed by atoms with Crippen LogP contribution in [-0.2, 0) is 16.6 Å². The first-order chi connectivity index (χ1) is 9.75. The summed E-state index contributed by atoms with van der Waals surface area (Å²) in [6, 6.07) is 4.39. The Hall–Kier alpha value is -2.33. The van der Waals surface area contributed by atoms with Crippen molar-refractivity contribution in [2.24, 2.45) is 5.14 Å². The third kappa shape index (κ3) is 2.76. The van der Waals surface area contributed by atoms with Crippen molar-refractivity contribution in [1.29, 1.82) is 0 Å². The van der Waals surface area contributed by atoms with Crippen LogP contribution in [0.15, 0.2) is 23.4 Å². The minimum Gasteiger partial charge on any atom is -0.297 e. The van der Waals surface area contributed by atoms with Gasteiger partial charge in [-0.05, 0) is 26.0 Å². The van der Waals surface area contributed by atoms with E-state index in [0.717, 1.165) is 0 Å². The molecule has 0 spiro atoms. The maximum absolute atomic E-state index is 11.4. The van der Waals surface area contributed by atoms with E-state index in [1.165, 1.54) is 16.7 Å². The second-order valence-corrected chi connectivity index (χ2v) is 5.81. The highest BCUT2D eigenvalue weighted by atomic mass is 32.2. The van der Waals surface area contributed by atoms with Crippen LogP contribution in [0.2, 0.25) is 0 Å². The molecule has 10 heteroatoms. The zero-order chi connectivity index (χ0) is 15.8. The summed E-state index contributed by atoms with van der Waals surface area (Å²) in [5.74, 6) is 0.291. The lowest BCUT2D eigenvalue weighted by Gasteiger charge is -2.07. The van der Waals surface area contributed by atoms with E-state index in [9.17, 15) is 18.5 Å². The Morgan fingerprint density at radius 1 is 1.38 bits per heavy atom. The van der Waals surface area contributed by atoms with Crippen molar-refractivity contribution < 1.29 is 13.3 Å². The van der Waals surface area contributed by atoms with Crippen LogP contribution in [0, 0.1) is 17.0 Å². The second-order valence-electron chi connectivity index (χ2n) is 4.35. The van der Waals surface area contributed by atoms with Crippen LogP contribution in [0.3, 0.4) is 0 Å². The molecule has 1 aromatic heterocycles. The normalized spacial score (nSPS) is 11.6. The third-order valence-electron chi connectivity index (χ3n) is 2.94. The van der Waals surface area contributed by atoms with E-state index in [0.29, 0.717) is 23.5 Å². The summed E-state index contributed by atoms with van der Waals surface area (Å²) in [6.07, 6.45) is 0. The van der Waals surface area contributed by atoms with Crippen LogP contribution in [0.5, 0.6) is 0 Å². The summed E-state index contributed by atoms with van der Waals surface area (Å²) < 4.78 is 24.2. The molecule has 0 amide bonds. The predicted octanol–water partition coefficient (Wildman–Crippen LogP) is 0.829. The highest BCUT2D eigenvalue weighted by Gasteiger charge is 2.22. The summed E-state index contributed by atoms with van der Waals surface area (Å²) in [6.45, 7) is 3.61. The number of sulfonamides is 1. The molecule has 0 atom stereocenters. The van der Waals surface area contributed by atoms with Gasteiger partial charge in [-0.25, -0.2) is 13.6 Å². The Morgan fingerprint density at radius 2 is 2.05 bits per heavy atom. The van der Waals surface area contributed by atoms with Gasteiger partial charge >= 0.3 is 0 Å². The molecule has 0 saturated heterocycles. The SMILES string of the molecule is CCn1c(-c2ccc([N+](=O)[O-])c(C)c2)nnc1S(N)(=O)=O. The number of hydrogen-bond acceptors (Lipinski definition) is 6. The van der Waals surface area contributed by atoms with Crippen LogP contribution >= 0.6 is 0 Å². The smallest absolute Gasteiger partial charge is 0.273 e. The number of hydrogen-bond donors (Lipinski definition) is 1. The predicted molar refractivity (Wildman–Crippen MR) is 73.9 cm³/mol. The minimum absolute atomic E-state index is 0.0204. The first kappa shape index (κ1) is 15.1. The van der Waals surface area contributed by atoms with Gasteiger partial charge in [0, 0.05) is 23.7 Å². The van der Waals surface area contributed by atoms with Crippen LogP contribution in [0.25, 0.3) is 11.4 Å². The molecule has 2 N–H and O–H groups in total. The van der Waals surface area contributed by atoms with E-state index in [-0.39, 0.29) is 10.8 Å². The van der Waals surface area contributed by atoms with Gasteiger partial charge in [0.15, 0.2) is 5.82 Å². The molecule has 0 bridgehead atoms. The van der Waals surface area contributed by atoms with Crippen LogP contribution in [0.1, 0.15) is 12.5 Å². The average molecular weight is 311 g/mol. The minimum atomic E-state index is -3.98. The Morgan fingerprint density at radius 3 is 2.52 bits per heavy atom. The standard InChI is InChI=1S/C11H13N5O4S/c1-3-15-10(13-14-11(15)21(12,19)20)8-4-5-9(16(17)18)7(2)6-8/h4-6H,3H2,1-2H3,(H2,12,19,20). The molecule has 0 unspecified atom stereocenters. The molecule has 1 heterocycles. The summed E-state index contributed by atoms with van der Waals surface area (Å²) in [4.78, 5) is 10.3. The first-order valence-electron chi connectivity index (χ1n) is 5.97. The van der Waals surface area contributed by atoms with E-state index in [1.54, 1.807) is 19.9 Å². The highest BCUT2D eigenvalue weighted by molar-refractivity contribution is 7.89.